The van der Waals surface area contributed by atoms with Crippen LogP contribution in [0.4, 0.5) is 21.6 Å². The first kappa shape index (κ1) is 26.2. The molecule has 3 amide bonds. The number of amides is 3. The number of aromatic nitrogens is 1. The first-order valence-electron chi connectivity index (χ1n) is 11.9. The predicted octanol–water partition coefficient (Wildman–Crippen LogP) is 4.83. The molecule has 3 aromatic rings. The second kappa shape index (κ2) is 11.9. The highest BCUT2D eigenvalue weighted by Crippen LogP contribution is 2.21. The van der Waals surface area contributed by atoms with Crippen LogP contribution in [-0.4, -0.2) is 54.3 Å². The Kier molecular flexibility index (Phi) is 8.47. The molecular weight excluding hydrogens is 497 g/mol. The number of rotatable bonds is 7. The van der Waals surface area contributed by atoms with E-state index in [-0.39, 0.29) is 23.0 Å². The third kappa shape index (κ3) is 6.90. The van der Waals surface area contributed by atoms with Gasteiger partial charge in [0.2, 0.25) is 5.91 Å². The van der Waals surface area contributed by atoms with Crippen LogP contribution < -0.4 is 15.5 Å². The standard InChI is InChI=1S/C27H27ClFN5O3/c1-33(25(35)17-34-13-3-2-4-14-34)21-9-5-18(6-10-21)26(36)31-23-11-8-20(29)15-22(23)27(37)32-24-12-7-19(28)16-30-24/h5-12,15-16H,2-4,13-14,17H2,1H3,(H,31,36)(H,30,32,37). The zero-order chi connectivity index (χ0) is 26.4. The van der Waals surface area contributed by atoms with Gasteiger partial charge >= 0.3 is 0 Å². The van der Waals surface area contributed by atoms with Crippen molar-refractivity contribution in [3.8, 4) is 0 Å². The maximum atomic E-state index is 13.9. The Morgan fingerprint density at radius 1 is 0.973 bits per heavy atom. The predicted molar refractivity (Wildman–Crippen MR) is 142 cm³/mol. The van der Waals surface area contributed by atoms with Crippen LogP contribution in [-0.2, 0) is 4.79 Å². The van der Waals surface area contributed by atoms with Crippen LogP contribution >= 0.6 is 11.6 Å². The molecule has 0 unspecified atom stereocenters. The first-order chi connectivity index (χ1) is 17.8. The number of piperidine rings is 1. The number of likely N-dealkylation sites (N-methyl/N-ethyl adjacent to an activating group) is 1. The number of halogens is 2. The van der Waals surface area contributed by atoms with Gasteiger partial charge in [-0.3, -0.25) is 19.3 Å². The summed E-state index contributed by atoms with van der Waals surface area (Å²) in [6, 6.07) is 13.1. The quantitative estimate of drug-likeness (QED) is 0.462. The highest BCUT2D eigenvalue weighted by atomic mass is 35.5. The van der Waals surface area contributed by atoms with Crippen molar-refractivity contribution in [1.82, 2.24) is 9.88 Å². The largest absolute Gasteiger partial charge is 0.321 e. The molecule has 1 aliphatic rings. The second-order valence-electron chi connectivity index (χ2n) is 8.80. The van der Waals surface area contributed by atoms with Crippen molar-refractivity contribution < 1.29 is 18.8 Å². The smallest absolute Gasteiger partial charge is 0.259 e. The lowest BCUT2D eigenvalue weighted by Gasteiger charge is -2.28. The fraction of sp³-hybridized carbons (Fsp3) is 0.259. The fourth-order valence-electron chi connectivity index (χ4n) is 4.04. The molecule has 0 radical (unpaired) electrons. The Hall–Kier alpha value is -3.82. The first-order valence-corrected chi connectivity index (χ1v) is 12.3. The van der Waals surface area contributed by atoms with Crippen molar-refractivity contribution in [1.29, 1.82) is 0 Å². The van der Waals surface area contributed by atoms with E-state index < -0.39 is 17.6 Å². The lowest BCUT2D eigenvalue weighted by molar-refractivity contribution is -0.119. The molecule has 2 N–H and O–H groups in total. The lowest BCUT2D eigenvalue weighted by Crippen LogP contribution is -2.40. The zero-order valence-corrected chi connectivity index (χ0v) is 21.1. The van der Waals surface area contributed by atoms with E-state index in [0.717, 1.165) is 38.1 Å². The minimum Gasteiger partial charge on any atom is -0.321 e. The number of carbonyl (C=O) groups is 3. The van der Waals surface area contributed by atoms with Crippen molar-refractivity contribution in [3.05, 3.63) is 82.8 Å². The third-order valence-corrected chi connectivity index (χ3v) is 6.37. The van der Waals surface area contributed by atoms with Crippen LogP contribution in [0, 0.1) is 5.82 Å². The minimum absolute atomic E-state index is 0.0174. The highest BCUT2D eigenvalue weighted by Gasteiger charge is 2.19. The molecule has 1 aromatic heterocycles. The average Bonchev–Trinajstić information content (AvgIpc) is 2.91. The van der Waals surface area contributed by atoms with Gasteiger partial charge in [-0.2, -0.15) is 0 Å². The minimum atomic E-state index is -0.645. The molecule has 0 aliphatic carbocycles. The van der Waals surface area contributed by atoms with Crippen LogP contribution in [0.2, 0.25) is 5.02 Å². The number of anilines is 3. The number of nitrogens with one attached hydrogen (secondary N) is 2. The molecule has 2 aromatic carbocycles. The van der Waals surface area contributed by atoms with E-state index in [1.807, 2.05) is 0 Å². The summed E-state index contributed by atoms with van der Waals surface area (Å²) in [7, 11) is 1.71. The number of benzene rings is 2. The molecule has 0 saturated carbocycles. The van der Waals surface area contributed by atoms with Crippen molar-refractivity contribution in [2.45, 2.75) is 19.3 Å². The Labute approximate surface area is 219 Å². The molecule has 4 rings (SSSR count). The Morgan fingerprint density at radius 3 is 2.38 bits per heavy atom. The van der Waals surface area contributed by atoms with Crippen LogP contribution in [0.1, 0.15) is 40.0 Å². The summed E-state index contributed by atoms with van der Waals surface area (Å²) < 4.78 is 13.9. The summed E-state index contributed by atoms with van der Waals surface area (Å²) in [4.78, 5) is 46.1. The summed E-state index contributed by atoms with van der Waals surface area (Å²) in [5.41, 5.74) is 1.05. The van der Waals surface area contributed by atoms with Crippen LogP contribution in [0.25, 0.3) is 0 Å². The van der Waals surface area contributed by atoms with E-state index in [9.17, 15) is 18.8 Å². The van der Waals surface area contributed by atoms with Crippen LogP contribution in [0.3, 0.4) is 0 Å². The van der Waals surface area contributed by atoms with E-state index in [4.69, 9.17) is 11.6 Å². The molecule has 0 spiro atoms. The van der Waals surface area contributed by atoms with E-state index >= 15 is 0 Å². The molecule has 0 atom stereocenters. The molecule has 1 aliphatic heterocycles. The van der Waals surface area contributed by atoms with E-state index in [0.29, 0.717) is 22.8 Å². The Balaban J connectivity index is 1.42. The summed E-state index contributed by atoms with van der Waals surface area (Å²) >= 11 is 5.82. The zero-order valence-electron chi connectivity index (χ0n) is 20.3. The van der Waals surface area contributed by atoms with Gasteiger partial charge in [0.25, 0.3) is 11.8 Å². The molecule has 192 valence electrons. The fourth-order valence-corrected chi connectivity index (χ4v) is 4.15. The summed E-state index contributed by atoms with van der Waals surface area (Å²) in [5, 5.41) is 5.62. The number of likely N-dealkylation sites (tertiary alicyclic amines) is 1. The van der Waals surface area contributed by atoms with E-state index in [2.05, 4.69) is 20.5 Å². The van der Waals surface area contributed by atoms with Gasteiger partial charge in [0, 0.05) is 24.5 Å². The van der Waals surface area contributed by atoms with Gasteiger partial charge in [-0.05, 0) is 80.5 Å². The van der Waals surface area contributed by atoms with Crippen molar-refractivity contribution >= 4 is 46.5 Å². The maximum Gasteiger partial charge on any atom is 0.259 e. The van der Waals surface area contributed by atoms with Gasteiger partial charge in [-0.15, -0.1) is 0 Å². The number of hydrogen-bond donors (Lipinski definition) is 2. The number of carbonyl (C=O) groups excluding carboxylic acids is 3. The molecule has 8 nitrogen and oxygen atoms in total. The molecule has 1 fully saturated rings. The Bertz CT molecular complexity index is 1280. The topological polar surface area (TPSA) is 94.6 Å². The van der Waals surface area contributed by atoms with Gasteiger partial charge in [0.15, 0.2) is 0 Å². The van der Waals surface area contributed by atoms with Gasteiger partial charge in [-0.25, -0.2) is 9.37 Å². The van der Waals surface area contributed by atoms with Gasteiger partial charge in [0.05, 0.1) is 22.8 Å². The monoisotopic (exact) mass is 523 g/mol. The van der Waals surface area contributed by atoms with Gasteiger partial charge in [-0.1, -0.05) is 18.0 Å². The average molecular weight is 524 g/mol. The molecule has 0 bridgehead atoms. The molecule has 2 heterocycles. The van der Waals surface area contributed by atoms with E-state index in [1.54, 1.807) is 42.3 Å². The molecule has 1 saturated heterocycles. The molecule has 10 heteroatoms. The Morgan fingerprint density at radius 2 is 1.70 bits per heavy atom. The van der Waals surface area contributed by atoms with Crippen LogP contribution in [0.5, 0.6) is 0 Å². The normalized spacial score (nSPS) is 13.6. The van der Waals surface area contributed by atoms with Gasteiger partial charge < -0.3 is 15.5 Å². The highest BCUT2D eigenvalue weighted by molar-refractivity contribution is 6.30. The summed E-state index contributed by atoms with van der Waals surface area (Å²) in [6.07, 6.45) is 4.79. The molecular formula is C27H27ClFN5O3. The number of nitrogens with zero attached hydrogens (tertiary/aromatic N) is 3. The van der Waals surface area contributed by atoms with Crippen molar-refractivity contribution in [2.75, 3.05) is 42.2 Å². The molecule has 37 heavy (non-hydrogen) atoms. The van der Waals surface area contributed by atoms with Crippen molar-refractivity contribution in [3.63, 3.8) is 0 Å². The van der Waals surface area contributed by atoms with Crippen LogP contribution in [0.15, 0.2) is 60.8 Å². The maximum absolute atomic E-state index is 13.9. The van der Waals surface area contributed by atoms with Gasteiger partial charge in [0.1, 0.15) is 11.6 Å². The lowest BCUT2D eigenvalue weighted by atomic mass is 10.1. The number of pyridine rings is 1. The summed E-state index contributed by atoms with van der Waals surface area (Å²) in [6.45, 7) is 2.22. The number of hydrogen-bond acceptors (Lipinski definition) is 5. The van der Waals surface area contributed by atoms with E-state index in [1.165, 1.54) is 24.8 Å². The van der Waals surface area contributed by atoms with Crippen molar-refractivity contribution in [2.24, 2.45) is 0 Å². The third-order valence-electron chi connectivity index (χ3n) is 6.14. The SMILES string of the molecule is CN(C(=O)CN1CCCCC1)c1ccc(C(=O)Nc2ccc(F)cc2C(=O)Nc2ccc(Cl)cn2)cc1. The second-order valence-corrected chi connectivity index (χ2v) is 9.23. The summed E-state index contributed by atoms with van der Waals surface area (Å²) in [5.74, 6) is -1.55.